The van der Waals surface area contributed by atoms with Crippen LogP contribution in [0.15, 0.2) is 48.5 Å². The molecule has 0 saturated carbocycles. The first-order valence-electron chi connectivity index (χ1n) is 7.83. The highest BCUT2D eigenvalue weighted by Crippen LogP contribution is 2.38. The number of carbonyl (C=O) groups is 2. The van der Waals surface area contributed by atoms with Crippen molar-refractivity contribution in [3.8, 4) is 5.75 Å². The molecule has 5 nitrogen and oxygen atoms in total. The third-order valence-corrected chi connectivity index (χ3v) is 3.89. The lowest BCUT2D eigenvalue weighted by molar-refractivity contribution is -0.133. The zero-order valence-electron chi connectivity index (χ0n) is 14.0. The first kappa shape index (κ1) is 16.1. The van der Waals surface area contributed by atoms with E-state index in [2.05, 4.69) is 5.32 Å². The summed E-state index contributed by atoms with van der Waals surface area (Å²) in [5.74, 6) is 0.126. The largest absolute Gasteiger partial charge is 0.476 e. The van der Waals surface area contributed by atoms with E-state index in [0.29, 0.717) is 17.1 Å². The van der Waals surface area contributed by atoms with E-state index in [4.69, 9.17) is 4.74 Å². The van der Waals surface area contributed by atoms with Crippen molar-refractivity contribution in [2.45, 2.75) is 26.4 Å². The number of rotatable bonds is 3. The highest BCUT2D eigenvalue weighted by Gasteiger charge is 2.41. The molecular weight excluding hydrogens is 304 g/mol. The van der Waals surface area contributed by atoms with Crippen LogP contribution in [0.2, 0.25) is 0 Å². The summed E-state index contributed by atoms with van der Waals surface area (Å²) in [6.45, 7) is 5.30. The van der Waals surface area contributed by atoms with Gasteiger partial charge in [-0.05, 0) is 50.6 Å². The lowest BCUT2D eigenvalue weighted by atomic mass is 10.0. The average molecular weight is 324 g/mol. The maximum atomic E-state index is 12.7. The third kappa shape index (κ3) is 3.11. The van der Waals surface area contributed by atoms with Gasteiger partial charge in [0, 0.05) is 5.69 Å². The van der Waals surface area contributed by atoms with Crippen LogP contribution >= 0.6 is 0 Å². The van der Waals surface area contributed by atoms with Gasteiger partial charge in [0.2, 0.25) is 5.91 Å². The Labute approximate surface area is 141 Å². The molecule has 0 aromatic heterocycles. The monoisotopic (exact) mass is 324 g/mol. The van der Waals surface area contributed by atoms with Gasteiger partial charge in [0.15, 0.2) is 5.60 Å². The molecule has 0 unspecified atom stereocenters. The van der Waals surface area contributed by atoms with E-state index in [1.807, 2.05) is 43.3 Å². The molecule has 24 heavy (non-hydrogen) atoms. The summed E-state index contributed by atoms with van der Waals surface area (Å²) in [5.41, 5.74) is 1.32. The first-order chi connectivity index (χ1) is 11.4. The van der Waals surface area contributed by atoms with Crippen LogP contribution in [0.5, 0.6) is 5.75 Å². The predicted molar refractivity (Wildman–Crippen MR) is 93.3 cm³/mol. The summed E-state index contributed by atoms with van der Waals surface area (Å²) in [7, 11) is 0. The van der Waals surface area contributed by atoms with Gasteiger partial charge in [-0.2, -0.15) is 0 Å². The SMILES string of the molecule is Cc1ccc2c(c1)N(CC(=O)Nc1ccccc1)C(=O)C(C)(C)O2. The zero-order chi connectivity index (χ0) is 17.3. The van der Waals surface area contributed by atoms with Gasteiger partial charge in [0.1, 0.15) is 12.3 Å². The van der Waals surface area contributed by atoms with Gasteiger partial charge in [-0.25, -0.2) is 0 Å². The van der Waals surface area contributed by atoms with Gasteiger partial charge in [0.05, 0.1) is 5.69 Å². The van der Waals surface area contributed by atoms with Crippen LogP contribution in [-0.4, -0.2) is 24.0 Å². The van der Waals surface area contributed by atoms with Crippen molar-refractivity contribution in [2.24, 2.45) is 0 Å². The van der Waals surface area contributed by atoms with Crippen molar-refractivity contribution < 1.29 is 14.3 Å². The normalized spacial score (nSPS) is 15.5. The minimum atomic E-state index is -1.00. The fourth-order valence-electron chi connectivity index (χ4n) is 2.70. The lowest BCUT2D eigenvalue weighted by Gasteiger charge is -2.38. The Morgan fingerprint density at radius 3 is 2.58 bits per heavy atom. The molecule has 0 atom stereocenters. The molecule has 0 saturated heterocycles. The van der Waals surface area contributed by atoms with Crippen LogP contribution in [0.1, 0.15) is 19.4 Å². The standard InChI is InChI=1S/C19H20N2O3/c1-13-9-10-16-15(11-13)21(18(23)19(2,3)24-16)12-17(22)20-14-7-5-4-6-8-14/h4-11H,12H2,1-3H3,(H,20,22). The minimum absolute atomic E-state index is 0.0586. The molecule has 0 aliphatic carbocycles. The molecule has 0 fully saturated rings. The highest BCUT2D eigenvalue weighted by atomic mass is 16.5. The van der Waals surface area contributed by atoms with Gasteiger partial charge in [-0.3, -0.25) is 14.5 Å². The molecule has 2 amide bonds. The summed E-state index contributed by atoms with van der Waals surface area (Å²) in [5, 5.41) is 2.81. The first-order valence-corrected chi connectivity index (χ1v) is 7.83. The molecule has 0 bridgehead atoms. The van der Waals surface area contributed by atoms with Crippen LogP contribution < -0.4 is 15.0 Å². The number of carbonyl (C=O) groups excluding carboxylic acids is 2. The van der Waals surface area contributed by atoms with E-state index in [1.54, 1.807) is 26.0 Å². The van der Waals surface area contributed by atoms with Gasteiger partial charge in [-0.15, -0.1) is 0 Å². The minimum Gasteiger partial charge on any atom is -0.476 e. The second-order valence-corrected chi connectivity index (χ2v) is 6.39. The molecule has 1 N–H and O–H groups in total. The maximum absolute atomic E-state index is 12.7. The predicted octanol–water partition coefficient (Wildman–Crippen LogP) is 3.14. The summed E-state index contributed by atoms with van der Waals surface area (Å²) >= 11 is 0. The number of hydrogen-bond acceptors (Lipinski definition) is 3. The van der Waals surface area contributed by atoms with Crippen molar-refractivity contribution in [3.05, 3.63) is 54.1 Å². The van der Waals surface area contributed by atoms with Crippen molar-refractivity contribution in [3.63, 3.8) is 0 Å². The fourth-order valence-corrected chi connectivity index (χ4v) is 2.70. The topological polar surface area (TPSA) is 58.6 Å². The number of aryl methyl sites for hydroxylation is 1. The second-order valence-electron chi connectivity index (χ2n) is 6.39. The van der Waals surface area contributed by atoms with Gasteiger partial charge < -0.3 is 10.1 Å². The number of nitrogens with one attached hydrogen (secondary N) is 1. The Kier molecular flexibility index (Phi) is 4.01. The lowest BCUT2D eigenvalue weighted by Crippen LogP contribution is -2.54. The van der Waals surface area contributed by atoms with E-state index in [-0.39, 0.29) is 18.4 Å². The highest BCUT2D eigenvalue weighted by molar-refractivity contribution is 6.07. The van der Waals surface area contributed by atoms with E-state index in [0.717, 1.165) is 5.56 Å². The Morgan fingerprint density at radius 1 is 1.17 bits per heavy atom. The van der Waals surface area contributed by atoms with Crippen LogP contribution in [0, 0.1) is 6.92 Å². The smallest absolute Gasteiger partial charge is 0.271 e. The molecule has 124 valence electrons. The zero-order valence-corrected chi connectivity index (χ0v) is 14.0. The Morgan fingerprint density at radius 2 is 1.88 bits per heavy atom. The summed E-state index contributed by atoms with van der Waals surface area (Å²) in [4.78, 5) is 26.6. The molecule has 2 aromatic carbocycles. The van der Waals surface area contributed by atoms with Gasteiger partial charge in [-0.1, -0.05) is 24.3 Å². The van der Waals surface area contributed by atoms with E-state index in [9.17, 15) is 9.59 Å². The molecule has 1 aliphatic rings. The van der Waals surface area contributed by atoms with Crippen molar-refractivity contribution >= 4 is 23.2 Å². The number of nitrogens with zero attached hydrogens (tertiary/aromatic N) is 1. The maximum Gasteiger partial charge on any atom is 0.271 e. The molecule has 1 aliphatic heterocycles. The van der Waals surface area contributed by atoms with Crippen molar-refractivity contribution in [1.82, 2.24) is 0 Å². The molecule has 2 aromatic rings. The average Bonchev–Trinajstić information content (AvgIpc) is 2.53. The number of para-hydroxylation sites is 1. The third-order valence-electron chi connectivity index (χ3n) is 3.89. The van der Waals surface area contributed by atoms with Gasteiger partial charge in [0.25, 0.3) is 5.91 Å². The fraction of sp³-hybridized carbons (Fsp3) is 0.263. The summed E-state index contributed by atoms with van der Waals surface area (Å²) in [6, 6.07) is 14.8. The Bertz CT molecular complexity index is 784. The number of hydrogen-bond donors (Lipinski definition) is 1. The molecule has 5 heteroatoms. The Hall–Kier alpha value is -2.82. The molecule has 3 rings (SSSR count). The van der Waals surface area contributed by atoms with Crippen molar-refractivity contribution in [1.29, 1.82) is 0 Å². The van der Waals surface area contributed by atoms with Crippen LogP contribution in [0.4, 0.5) is 11.4 Å². The number of amides is 2. The molecular formula is C19H20N2O3. The van der Waals surface area contributed by atoms with Crippen LogP contribution in [-0.2, 0) is 9.59 Å². The Balaban J connectivity index is 1.87. The number of benzene rings is 2. The summed E-state index contributed by atoms with van der Waals surface area (Å²) in [6.07, 6.45) is 0. The van der Waals surface area contributed by atoms with E-state index >= 15 is 0 Å². The van der Waals surface area contributed by atoms with Crippen LogP contribution in [0.3, 0.4) is 0 Å². The number of anilines is 2. The molecule has 0 spiro atoms. The quantitative estimate of drug-likeness (QED) is 0.943. The number of fused-ring (bicyclic) bond motifs is 1. The molecule has 1 heterocycles. The molecule has 0 radical (unpaired) electrons. The van der Waals surface area contributed by atoms with Gasteiger partial charge >= 0.3 is 0 Å². The number of ether oxygens (including phenoxy) is 1. The van der Waals surface area contributed by atoms with Crippen molar-refractivity contribution in [2.75, 3.05) is 16.8 Å². The van der Waals surface area contributed by atoms with E-state index < -0.39 is 5.60 Å². The second kappa shape index (κ2) is 6.00. The van der Waals surface area contributed by atoms with E-state index in [1.165, 1.54) is 4.90 Å². The van der Waals surface area contributed by atoms with Crippen LogP contribution in [0.25, 0.3) is 0 Å². The summed E-state index contributed by atoms with van der Waals surface area (Å²) < 4.78 is 5.79.